The van der Waals surface area contributed by atoms with Crippen molar-refractivity contribution in [3.63, 3.8) is 0 Å². The summed E-state index contributed by atoms with van der Waals surface area (Å²) in [5, 5.41) is 6.82. The number of H-pyrrole nitrogens is 1. The maximum absolute atomic E-state index is 12.8. The van der Waals surface area contributed by atoms with Gasteiger partial charge in [-0.15, -0.1) is 0 Å². The van der Waals surface area contributed by atoms with E-state index in [0.29, 0.717) is 5.82 Å². The Bertz CT molecular complexity index is 459. The lowest BCUT2D eigenvalue weighted by Gasteiger charge is -2.01. The van der Waals surface area contributed by atoms with E-state index in [1.54, 1.807) is 12.1 Å². The van der Waals surface area contributed by atoms with Crippen LogP contribution in [0.2, 0.25) is 0 Å². The van der Waals surface area contributed by atoms with Crippen LogP contribution >= 0.6 is 0 Å². The molecule has 0 unspecified atom stereocenters. The van der Waals surface area contributed by atoms with Gasteiger partial charge in [0.2, 0.25) is 0 Å². The molecule has 0 aliphatic heterocycles. The Balaban J connectivity index is 2.52. The molecule has 2 aromatic rings. The molecule has 78 valence electrons. The van der Waals surface area contributed by atoms with E-state index in [2.05, 4.69) is 10.2 Å². The van der Waals surface area contributed by atoms with Crippen molar-refractivity contribution in [3.8, 4) is 11.1 Å². The van der Waals surface area contributed by atoms with Crippen LogP contribution in [-0.4, -0.2) is 10.2 Å². The van der Waals surface area contributed by atoms with E-state index in [1.165, 1.54) is 12.1 Å². The number of nitrogens with two attached hydrogens (primary N) is 1. The van der Waals surface area contributed by atoms with Crippen LogP contribution in [0.5, 0.6) is 0 Å². The average molecular weight is 205 g/mol. The zero-order valence-electron chi connectivity index (χ0n) is 8.42. The van der Waals surface area contributed by atoms with E-state index in [1.807, 2.05) is 6.92 Å². The number of anilines is 1. The third-order valence-corrected chi connectivity index (χ3v) is 2.34. The number of nitrogens with zero attached hydrogens (tertiary/aromatic N) is 1. The van der Waals surface area contributed by atoms with Crippen molar-refractivity contribution in [2.24, 2.45) is 0 Å². The fraction of sp³-hybridized carbons (Fsp3) is 0.182. The van der Waals surface area contributed by atoms with Gasteiger partial charge in [-0.25, -0.2) is 4.39 Å². The highest BCUT2D eigenvalue weighted by Gasteiger charge is 2.11. The van der Waals surface area contributed by atoms with Crippen LogP contribution in [0.1, 0.15) is 12.6 Å². The van der Waals surface area contributed by atoms with Crippen molar-refractivity contribution in [3.05, 3.63) is 35.8 Å². The molecule has 1 aromatic heterocycles. The second kappa shape index (κ2) is 3.73. The van der Waals surface area contributed by atoms with Gasteiger partial charge in [0.25, 0.3) is 0 Å². The van der Waals surface area contributed by atoms with Gasteiger partial charge in [-0.1, -0.05) is 19.1 Å². The molecule has 4 heteroatoms. The van der Waals surface area contributed by atoms with Crippen LogP contribution in [-0.2, 0) is 6.42 Å². The molecule has 1 aromatic carbocycles. The molecule has 1 heterocycles. The second-order valence-electron chi connectivity index (χ2n) is 3.32. The molecule has 3 nitrogen and oxygen atoms in total. The Morgan fingerprint density at radius 1 is 1.33 bits per heavy atom. The number of aryl methyl sites for hydroxylation is 1. The van der Waals surface area contributed by atoms with Crippen molar-refractivity contribution in [2.45, 2.75) is 13.3 Å². The van der Waals surface area contributed by atoms with Crippen molar-refractivity contribution in [1.82, 2.24) is 10.2 Å². The summed E-state index contributed by atoms with van der Waals surface area (Å²) in [6.07, 6.45) is 0.792. The molecule has 0 radical (unpaired) electrons. The smallest absolute Gasteiger partial charge is 0.127 e. The zero-order valence-corrected chi connectivity index (χ0v) is 8.42. The Morgan fingerprint density at radius 2 is 2.00 bits per heavy atom. The topological polar surface area (TPSA) is 54.7 Å². The molecular weight excluding hydrogens is 193 g/mol. The van der Waals surface area contributed by atoms with Gasteiger partial charge in [0.15, 0.2) is 0 Å². The third kappa shape index (κ3) is 1.70. The molecule has 0 fully saturated rings. The first-order chi connectivity index (χ1) is 7.22. The maximum Gasteiger partial charge on any atom is 0.127 e. The molecule has 0 atom stereocenters. The van der Waals surface area contributed by atoms with E-state index in [4.69, 9.17) is 5.73 Å². The molecule has 3 N–H and O–H groups in total. The van der Waals surface area contributed by atoms with Crippen molar-refractivity contribution in [1.29, 1.82) is 0 Å². The molecule has 2 rings (SSSR count). The minimum Gasteiger partial charge on any atom is -0.384 e. The lowest BCUT2D eigenvalue weighted by atomic mass is 10.0. The van der Waals surface area contributed by atoms with E-state index >= 15 is 0 Å². The number of rotatable bonds is 2. The Labute approximate surface area is 87.1 Å². The summed E-state index contributed by atoms with van der Waals surface area (Å²) in [6, 6.07) is 6.24. The first kappa shape index (κ1) is 9.71. The number of aromatic nitrogens is 2. The van der Waals surface area contributed by atoms with Gasteiger partial charge in [-0.3, -0.25) is 5.10 Å². The number of benzene rings is 1. The zero-order chi connectivity index (χ0) is 10.8. The molecule has 0 spiro atoms. The fourth-order valence-electron chi connectivity index (χ4n) is 1.59. The van der Waals surface area contributed by atoms with Gasteiger partial charge in [-0.05, 0) is 24.1 Å². The van der Waals surface area contributed by atoms with Crippen molar-refractivity contribution >= 4 is 5.82 Å². The largest absolute Gasteiger partial charge is 0.384 e. The minimum atomic E-state index is -0.251. The molecular formula is C11H12FN3. The predicted molar refractivity (Wildman–Crippen MR) is 57.8 cm³/mol. The van der Waals surface area contributed by atoms with Crippen LogP contribution < -0.4 is 5.73 Å². The average Bonchev–Trinajstić information content (AvgIpc) is 2.61. The Morgan fingerprint density at radius 3 is 2.60 bits per heavy atom. The molecule has 0 amide bonds. The van der Waals surface area contributed by atoms with E-state index in [9.17, 15) is 4.39 Å². The molecule has 15 heavy (non-hydrogen) atoms. The van der Waals surface area contributed by atoms with Crippen LogP contribution in [0.25, 0.3) is 11.1 Å². The minimum absolute atomic E-state index is 0.251. The quantitative estimate of drug-likeness (QED) is 0.790. The molecule has 0 saturated heterocycles. The van der Waals surface area contributed by atoms with E-state index in [-0.39, 0.29) is 5.82 Å². The lowest BCUT2D eigenvalue weighted by Crippen LogP contribution is -1.90. The first-order valence-corrected chi connectivity index (χ1v) is 4.81. The van der Waals surface area contributed by atoms with Crippen LogP contribution in [0.3, 0.4) is 0 Å². The van der Waals surface area contributed by atoms with Gasteiger partial charge in [0.1, 0.15) is 11.6 Å². The molecule has 0 aliphatic carbocycles. The molecule has 0 aliphatic rings. The molecule has 0 bridgehead atoms. The maximum atomic E-state index is 12.8. The standard InChI is InChI=1S/C11H12FN3/c1-2-9-10(11(13)15-14-9)7-3-5-8(12)6-4-7/h3-6H,2H2,1H3,(H3,13,14,15). The first-order valence-electron chi connectivity index (χ1n) is 4.81. The summed E-state index contributed by atoms with van der Waals surface area (Å²) in [7, 11) is 0. The van der Waals surface area contributed by atoms with Gasteiger partial charge >= 0.3 is 0 Å². The molecule has 0 saturated carbocycles. The van der Waals surface area contributed by atoms with Crippen LogP contribution in [0.4, 0.5) is 10.2 Å². The van der Waals surface area contributed by atoms with Gasteiger partial charge in [0.05, 0.1) is 5.69 Å². The SMILES string of the molecule is CCc1n[nH]c(N)c1-c1ccc(F)cc1. The number of nitrogen functional groups attached to an aromatic ring is 1. The van der Waals surface area contributed by atoms with Crippen molar-refractivity contribution < 1.29 is 4.39 Å². The monoisotopic (exact) mass is 205 g/mol. The van der Waals surface area contributed by atoms with Crippen LogP contribution in [0.15, 0.2) is 24.3 Å². The van der Waals surface area contributed by atoms with Crippen LogP contribution in [0, 0.1) is 5.82 Å². The number of hydrogen-bond donors (Lipinski definition) is 2. The number of aromatic amines is 1. The van der Waals surface area contributed by atoms with Gasteiger partial charge in [0, 0.05) is 5.56 Å². The summed E-state index contributed by atoms with van der Waals surface area (Å²) >= 11 is 0. The summed E-state index contributed by atoms with van der Waals surface area (Å²) in [5.41, 5.74) is 8.44. The van der Waals surface area contributed by atoms with E-state index in [0.717, 1.165) is 23.2 Å². The highest BCUT2D eigenvalue weighted by atomic mass is 19.1. The summed E-state index contributed by atoms with van der Waals surface area (Å²) in [4.78, 5) is 0. The van der Waals surface area contributed by atoms with E-state index < -0.39 is 0 Å². The summed E-state index contributed by atoms with van der Waals surface area (Å²) < 4.78 is 12.8. The van der Waals surface area contributed by atoms with Gasteiger partial charge in [-0.2, -0.15) is 5.10 Å². The second-order valence-corrected chi connectivity index (χ2v) is 3.32. The summed E-state index contributed by atoms with van der Waals surface area (Å²) in [5.74, 6) is 0.275. The highest BCUT2D eigenvalue weighted by Crippen LogP contribution is 2.28. The third-order valence-electron chi connectivity index (χ3n) is 2.34. The number of halogens is 1. The Hall–Kier alpha value is -1.84. The highest BCUT2D eigenvalue weighted by molar-refractivity contribution is 5.76. The van der Waals surface area contributed by atoms with Gasteiger partial charge < -0.3 is 5.73 Å². The van der Waals surface area contributed by atoms with Crippen molar-refractivity contribution in [2.75, 3.05) is 5.73 Å². The lowest BCUT2D eigenvalue weighted by molar-refractivity contribution is 0.628. The Kier molecular flexibility index (Phi) is 2.41. The normalized spacial score (nSPS) is 10.5. The number of hydrogen-bond acceptors (Lipinski definition) is 2. The summed E-state index contributed by atoms with van der Waals surface area (Å²) in [6.45, 7) is 2.00. The number of nitrogens with one attached hydrogen (secondary N) is 1. The predicted octanol–water partition coefficient (Wildman–Crippen LogP) is 2.36. The fourth-order valence-corrected chi connectivity index (χ4v) is 1.59.